The van der Waals surface area contributed by atoms with E-state index in [1.54, 1.807) is 0 Å². The summed E-state index contributed by atoms with van der Waals surface area (Å²) in [7, 11) is 2.10. The van der Waals surface area contributed by atoms with E-state index in [2.05, 4.69) is 52.3 Å². The first-order valence-electron chi connectivity index (χ1n) is 6.37. The van der Waals surface area contributed by atoms with E-state index in [0.717, 1.165) is 0 Å². The van der Waals surface area contributed by atoms with Gasteiger partial charge in [-0.3, -0.25) is 0 Å². The molecule has 0 saturated carbocycles. The van der Waals surface area contributed by atoms with Gasteiger partial charge in [0.1, 0.15) is 0 Å². The van der Waals surface area contributed by atoms with Gasteiger partial charge in [0.2, 0.25) is 0 Å². The molecule has 2 heteroatoms. The lowest BCUT2D eigenvalue weighted by Gasteiger charge is -2.53. The summed E-state index contributed by atoms with van der Waals surface area (Å²) in [6, 6.07) is 0.640. The van der Waals surface area contributed by atoms with E-state index in [1.807, 2.05) is 0 Å². The average molecular weight is 212 g/mol. The molecule has 1 saturated heterocycles. The highest BCUT2D eigenvalue weighted by atomic mass is 15.1. The van der Waals surface area contributed by atoms with Crippen molar-refractivity contribution in [2.75, 3.05) is 7.05 Å². The Hall–Kier alpha value is -0.0800. The number of hydrogen-bond acceptors (Lipinski definition) is 2. The van der Waals surface area contributed by atoms with Gasteiger partial charge in [-0.25, -0.2) is 0 Å². The van der Waals surface area contributed by atoms with E-state index < -0.39 is 0 Å². The van der Waals surface area contributed by atoms with Gasteiger partial charge in [-0.05, 0) is 46.1 Å². The zero-order chi connectivity index (χ0) is 11.7. The average Bonchev–Trinajstić information content (AvgIpc) is 2.23. The molecule has 0 aromatic heterocycles. The molecule has 4 atom stereocenters. The summed E-state index contributed by atoms with van der Waals surface area (Å²) in [6.07, 6.45) is 3.63. The fourth-order valence-electron chi connectivity index (χ4n) is 2.96. The highest BCUT2D eigenvalue weighted by Crippen LogP contribution is 2.36. The van der Waals surface area contributed by atoms with E-state index >= 15 is 0 Å². The van der Waals surface area contributed by atoms with Crippen LogP contribution in [0.3, 0.4) is 0 Å². The van der Waals surface area contributed by atoms with Gasteiger partial charge in [-0.1, -0.05) is 20.8 Å². The third-order valence-electron chi connectivity index (χ3n) is 4.75. The number of nitrogens with one attached hydrogen (secondary N) is 2. The Labute approximate surface area is 95.2 Å². The van der Waals surface area contributed by atoms with Crippen LogP contribution in [0.4, 0.5) is 0 Å². The predicted octanol–water partition coefficient (Wildman–Crippen LogP) is 2.54. The Kier molecular flexibility index (Phi) is 3.83. The normalized spacial score (nSPS) is 46.8. The lowest BCUT2D eigenvalue weighted by atomic mass is 9.69. The largest absolute Gasteiger partial charge is 0.317 e. The van der Waals surface area contributed by atoms with Gasteiger partial charge in [-0.2, -0.15) is 0 Å². The van der Waals surface area contributed by atoms with Gasteiger partial charge in [0.15, 0.2) is 0 Å². The summed E-state index contributed by atoms with van der Waals surface area (Å²) in [4.78, 5) is 0. The molecule has 0 bridgehead atoms. The second-order valence-corrected chi connectivity index (χ2v) is 5.70. The van der Waals surface area contributed by atoms with Crippen molar-refractivity contribution in [3.63, 3.8) is 0 Å². The highest BCUT2D eigenvalue weighted by Gasteiger charge is 2.45. The minimum absolute atomic E-state index is 0.274. The standard InChI is InChI=1S/C13H28N2/c1-7-12(4)9-11(14-6)10(3)13(5,8-2)15-12/h10-11,14-15H,7-9H2,1-6H3. The molecule has 4 unspecified atom stereocenters. The highest BCUT2D eigenvalue weighted by molar-refractivity contribution is 5.05. The molecule has 0 aromatic rings. The molecular weight excluding hydrogens is 184 g/mol. The molecule has 0 spiro atoms. The van der Waals surface area contributed by atoms with Crippen molar-refractivity contribution in [3.05, 3.63) is 0 Å². The zero-order valence-corrected chi connectivity index (χ0v) is 11.3. The number of piperidine rings is 1. The van der Waals surface area contributed by atoms with Crippen LogP contribution in [0.5, 0.6) is 0 Å². The van der Waals surface area contributed by atoms with Crippen molar-refractivity contribution in [3.8, 4) is 0 Å². The SMILES string of the molecule is CCC1(C)CC(NC)C(C)C(C)(CC)N1. The first-order chi connectivity index (χ1) is 6.90. The van der Waals surface area contributed by atoms with E-state index in [0.29, 0.717) is 17.5 Å². The fourth-order valence-corrected chi connectivity index (χ4v) is 2.96. The molecule has 1 aliphatic heterocycles. The van der Waals surface area contributed by atoms with Crippen LogP contribution in [-0.2, 0) is 0 Å². The number of hydrogen-bond donors (Lipinski definition) is 2. The topological polar surface area (TPSA) is 24.1 Å². The summed E-state index contributed by atoms with van der Waals surface area (Å²) in [6.45, 7) is 11.7. The van der Waals surface area contributed by atoms with Crippen LogP contribution in [0.25, 0.3) is 0 Å². The molecule has 0 aliphatic carbocycles. The van der Waals surface area contributed by atoms with E-state index in [9.17, 15) is 0 Å². The monoisotopic (exact) mass is 212 g/mol. The Bertz CT molecular complexity index is 217. The minimum atomic E-state index is 0.274. The first-order valence-corrected chi connectivity index (χ1v) is 6.37. The quantitative estimate of drug-likeness (QED) is 0.751. The van der Waals surface area contributed by atoms with E-state index in [4.69, 9.17) is 0 Å². The molecule has 1 aliphatic rings. The molecule has 15 heavy (non-hydrogen) atoms. The second-order valence-electron chi connectivity index (χ2n) is 5.70. The molecule has 0 amide bonds. The van der Waals surface area contributed by atoms with Crippen molar-refractivity contribution in [1.29, 1.82) is 0 Å². The minimum Gasteiger partial charge on any atom is -0.317 e. The molecule has 2 N–H and O–H groups in total. The second kappa shape index (κ2) is 4.42. The van der Waals surface area contributed by atoms with Crippen molar-refractivity contribution >= 4 is 0 Å². The molecule has 1 rings (SSSR count). The van der Waals surface area contributed by atoms with Crippen molar-refractivity contribution in [2.24, 2.45) is 5.92 Å². The van der Waals surface area contributed by atoms with Crippen molar-refractivity contribution < 1.29 is 0 Å². The van der Waals surface area contributed by atoms with Crippen LogP contribution in [0, 0.1) is 5.92 Å². The van der Waals surface area contributed by atoms with Crippen LogP contribution in [-0.4, -0.2) is 24.2 Å². The maximum atomic E-state index is 3.88. The van der Waals surface area contributed by atoms with E-state index in [-0.39, 0.29) is 5.54 Å². The molecule has 0 aromatic carbocycles. The smallest absolute Gasteiger partial charge is 0.0196 e. The van der Waals surface area contributed by atoms with Gasteiger partial charge in [0.25, 0.3) is 0 Å². The Morgan fingerprint density at radius 3 is 2.27 bits per heavy atom. The third-order valence-corrected chi connectivity index (χ3v) is 4.75. The lowest BCUT2D eigenvalue weighted by molar-refractivity contribution is 0.0617. The van der Waals surface area contributed by atoms with Crippen LogP contribution < -0.4 is 10.6 Å². The maximum absolute atomic E-state index is 3.88. The molecule has 0 radical (unpaired) electrons. The van der Waals surface area contributed by atoms with Crippen LogP contribution >= 0.6 is 0 Å². The van der Waals surface area contributed by atoms with E-state index in [1.165, 1.54) is 19.3 Å². The molecule has 1 fully saturated rings. The summed E-state index contributed by atoms with van der Waals surface area (Å²) < 4.78 is 0. The predicted molar refractivity (Wildman–Crippen MR) is 67.2 cm³/mol. The van der Waals surface area contributed by atoms with Crippen LogP contribution in [0.1, 0.15) is 53.9 Å². The van der Waals surface area contributed by atoms with Gasteiger partial charge >= 0.3 is 0 Å². The Morgan fingerprint density at radius 1 is 1.27 bits per heavy atom. The van der Waals surface area contributed by atoms with Crippen molar-refractivity contribution in [2.45, 2.75) is 71.0 Å². The van der Waals surface area contributed by atoms with Gasteiger partial charge < -0.3 is 10.6 Å². The Morgan fingerprint density at radius 2 is 1.87 bits per heavy atom. The fraction of sp³-hybridized carbons (Fsp3) is 1.00. The molecular formula is C13H28N2. The lowest BCUT2D eigenvalue weighted by Crippen LogP contribution is -2.67. The summed E-state index contributed by atoms with van der Waals surface area (Å²) in [5, 5.41) is 7.37. The zero-order valence-electron chi connectivity index (χ0n) is 11.3. The van der Waals surface area contributed by atoms with Crippen molar-refractivity contribution in [1.82, 2.24) is 10.6 Å². The summed E-state index contributed by atoms with van der Waals surface area (Å²) >= 11 is 0. The van der Waals surface area contributed by atoms with Gasteiger partial charge in [0, 0.05) is 17.1 Å². The maximum Gasteiger partial charge on any atom is 0.0196 e. The van der Waals surface area contributed by atoms with Gasteiger partial charge in [0.05, 0.1) is 0 Å². The summed E-state index contributed by atoms with van der Waals surface area (Å²) in [5.74, 6) is 0.687. The van der Waals surface area contributed by atoms with Crippen LogP contribution in [0.2, 0.25) is 0 Å². The molecule has 2 nitrogen and oxygen atoms in total. The Balaban J connectivity index is 2.91. The summed E-state index contributed by atoms with van der Waals surface area (Å²) in [5.41, 5.74) is 0.571. The first kappa shape index (κ1) is 13.0. The number of rotatable bonds is 3. The third kappa shape index (κ3) is 2.36. The molecule has 90 valence electrons. The van der Waals surface area contributed by atoms with Gasteiger partial charge in [-0.15, -0.1) is 0 Å². The van der Waals surface area contributed by atoms with Crippen LogP contribution in [0.15, 0.2) is 0 Å². The molecule has 1 heterocycles.